The van der Waals surface area contributed by atoms with Crippen molar-refractivity contribution in [3.8, 4) is 0 Å². The van der Waals surface area contributed by atoms with Crippen LogP contribution in [0.25, 0.3) is 11.0 Å². The molecule has 0 radical (unpaired) electrons. The van der Waals surface area contributed by atoms with E-state index in [0.717, 1.165) is 6.07 Å². The molecule has 0 saturated heterocycles. The first-order valence-corrected chi connectivity index (χ1v) is 10.6. The van der Waals surface area contributed by atoms with Gasteiger partial charge in [0.25, 0.3) is 5.91 Å². The maximum Gasteiger partial charge on any atom is 0.294 e. The monoisotopic (exact) mass is 481 g/mol. The van der Waals surface area contributed by atoms with Crippen molar-refractivity contribution in [1.29, 1.82) is 0 Å². The number of ketones is 1. The zero-order valence-corrected chi connectivity index (χ0v) is 18.3. The zero-order chi connectivity index (χ0) is 23.3. The Kier molecular flexibility index (Phi) is 5.19. The maximum absolute atomic E-state index is 13.8. The third-order valence-electron chi connectivity index (χ3n) is 5.47. The highest BCUT2D eigenvalue weighted by Crippen LogP contribution is 2.43. The molecule has 164 valence electrons. The molecule has 5 nitrogen and oxygen atoms in total. The van der Waals surface area contributed by atoms with Gasteiger partial charge in [-0.3, -0.25) is 14.5 Å². The Morgan fingerprint density at radius 2 is 1.73 bits per heavy atom. The number of hydrogen-bond acceptors (Lipinski definition) is 4. The molecular weight excluding hydrogens is 468 g/mol. The minimum atomic E-state index is -1.02. The summed E-state index contributed by atoms with van der Waals surface area (Å²) in [6.45, 7) is 0. The molecule has 1 N–H and O–H groups in total. The molecule has 3 aromatic carbocycles. The number of benzene rings is 3. The van der Waals surface area contributed by atoms with Crippen molar-refractivity contribution in [1.82, 2.24) is 0 Å². The molecule has 5 rings (SSSR count). The quantitative estimate of drug-likeness (QED) is 0.330. The fraction of sp³-hybridized carbons (Fsp3) is 0.0400. The number of carbonyl (C=O) groups excluding carboxylic acids is 2. The molecule has 0 spiro atoms. The van der Waals surface area contributed by atoms with Gasteiger partial charge >= 0.3 is 0 Å². The van der Waals surface area contributed by atoms with E-state index in [4.69, 9.17) is 27.6 Å². The molecule has 0 aliphatic carbocycles. The summed E-state index contributed by atoms with van der Waals surface area (Å²) in [6.07, 6.45) is 0. The van der Waals surface area contributed by atoms with Gasteiger partial charge in [0.2, 0.25) is 5.78 Å². The van der Waals surface area contributed by atoms with Gasteiger partial charge in [-0.1, -0.05) is 53.5 Å². The SMILES string of the molecule is O=C(C1=C(O)C(=O)N(c2ccc(F)c(Cl)c2)C1c1ccc(Cl)cc1)c1cc2ccccc2o1. The van der Waals surface area contributed by atoms with Crippen molar-refractivity contribution in [2.24, 2.45) is 0 Å². The van der Waals surface area contributed by atoms with Crippen molar-refractivity contribution in [3.05, 3.63) is 111 Å². The van der Waals surface area contributed by atoms with Gasteiger partial charge in [-0.2, -0.15) is 0 Å². The fourth-order valence-corrected chi connectivity index (χ4v) is 4.23. The molecule has 8 heteroatoms. The predicted octanol–water partition coefficient (Wildman–Crippen LogP) is 6.66. The highest BCUT2D eigenvalue weighted by molar-refractivity contribution is 6.31. The van der Waals surface area contributed by atoms with E-state index < -0.39 is 29.3 Å². The number of para-hydroxylation sites is 1. The number of furan rings is 1. The van der Waals surface area contributed by atoms with Crippen molar-refractivity contribution < 1.29 is 23.5 Å². The van der Waals surface area contributed by atoms with Gasteiger partial charge in [-0.15, -0.1) is 0 Å². The summed E-state index contributed by atoms with van der Waals surface area (Å²) in [5.74, 6) is -2.87. The predicted molar refractivity (Wildman–Crippen MR) is 123 cm³/mol. The van der Waals surface area contributed by atoms with Crippen molar-refractivity contribution in [2.45, 2.75) is 6.04 Å². The molecule has 1 unspecified atom stereocenters. The van der Waals surface area contributed by atoms with Crippen LogP contribution in [0.4, 0.5) is 10.1 Å². The van der Waals surface area contributed by atoms with Gasteiger partial charge in [0.15, 0.2) is 11.5 Å². The van der Waals surface area contributed by atoms with Crippen LogP contribution in [-0.4, -0.2) is 16.8 Å². The molecule has 1 aromatic heterocycles. The van der Waals surface area contributed by atoms with E-state index in [2.05, 4.69) is 0 Å². The Hall–Kier alpha value is -3.61. The molecule has 0 saturated carbocycles. The summed E-state index contributed by atoms with van der Waals surface area (Å²) in [7, 11) is 0. The molecule has 1 aliphatic heterocycles. The maximum atomic E-state index is 13.8. The van der Waals surface area contributed by atoms with E-state index in [9.17, 15) is 19.1 Å². The number of carbonyl (C=O) groups is 2. The lowest BCUT2D eigenvalue weighted by Gasteiger charge is -2.27. The minimum absolute atomic E-state index is 0.0245. The average molecular weight is 482 g/mol. The lowest BCUT2D eigenvalue weighted by atomic mass is 9.94. The number of hydrogen-bond donors (Lipinski definition) is 1. The van der Waals surface area contributed by atoms with Gasteiger partial charge in [-0.25, -0.2) is 4.39 Å². The number of aliphatic hydroxyl groups is 1. The lowest BCUT2D eigenvalue weighted by molar-refractivity contribution is -0.117. The van der Waals surface area contributed by atoms with Crippen LogP contribution in [0.5, 0.6) is 0 Å². The first-order valence-electron chi connectivity index (χ1n) is 9.85. The Labute approximate surface area is 197 Å². The Balaban J connectivity index is 1.67. The van der Waals surface area contributed by atoms with Gasteiger partial charge in [0.05, 0.1) is 16.6 Å². The Morgan fingerprint density at radius 1 is 1.00 bits per heavy atom. The second kappa shape index (κ2) is 8.06. The summed E-state index contributed by atoms with van der Waals surface area (Å²) in [5, 5.41) is 11.8. The number of halogens is 3. The van der Waals surface area contributed by atoms with Crippen LogP contribution >= 0.6 is 23.2 Å². The first kappa shape index (κ1) is 21.2. The number of Topliss-reactive ketones (excluding diaryl/α,β-unsaturated/α-hetero) is 1. The highest BCUT2D eigenvalue weighted by atomic mass is 35.5. The molecular formula is C25H14Cl2FNO4. The second-order valence-electron chi connectivity index (χ2n) is 7.47. The number of aliphatic hydroxyl groups excluding tert-OH is 1. The van der Waals surface area contributed by atoms with E-state index in [1.807, 2.05) is 0 Å². The fourth-order valence-electron chi connectivity index (χ4n) is 3.93. The molecule has 1 atom stereocenters. The van der Waals surface area contributed by atoms with Crippen molar-refractivity contribution in [3.63, 3.8) is 0 Å². The van der Waals surface area contributed by atoms with Crippen LogP contribution < -0.4 is 4.90 Å². The number of anilines is 1. The zero-order valence-electron chi connectivity index (χ0n) is 16.8. The molecule has 33 heavy (non-hydrogen) atoms. The largest absolute Gasteiger partial charge is 0.503 e. The summed E-state index contributed by atoms with van der Waals surface area (Å²) >= 11 is 12.0. The van der Waals surface area contributed by atoms with Crippen LogP contribution in [0, 0.1) is 5.82 Å². The third-order valence-corrected chi connectivity index (χ3v) is 6.01. The standard InChI is InChI=1S/C25H14Cl2FNO4/c26-15-7-5-13(6-8-15)22-21(23(30)20-11-14-3-1-2-4-19(14)33-20)24(31)25(32)29(22)16-9-10-18(28)17(27)12-16/h1-12,22,31H. The molecule has 1 amide bonds. The van der Waals surface area contributed by atoms with Gasteiger partial charge < -0.3 is 9.52 Å². The smallest absolute Gasteiger partial charge is 0.294 e. The molecule has 2 heterocycles. The summed E-state index contributed by atoms with van der Waals surface area (Å²) < 4.78 is 19.5. The second-order valence-corrected chi connectivity index (χ2v) is 8.31. The topological polar surface area (TPSA) is 70.8 Å². The van der Waals surface area contributed by atoms with Crippen LogP contribution in [-0.2, 0) is 4.79 Å². The average Bonchev–Trinajstić information content (AvgIpc) is 3.35. The number of nitrogens with zero attached hydrogens (tertiary/aromatic N) is 1. The van der Waals surface area contributed by atoms with E-state index >= 15 is 0 Å². The molecule has 0 bridgehead atoms. The van der Waals surface area contributed by atoms with E-state index in [1.165, 1.54) is 17.0 Å². The summed E-state index contributed by atoms with van der Waals surface area (Å²) in [4.78, 5) is 27.9. The number of fused-ring (bicyclic) bond motifs is 1. The molecule has 1 aliphatic rings. The van der Waals surface area contributed by atoms with Crippen LogP contribution in [0.3, 0.4) is 0 Å². The minimum Gasteiger partial charge on any atom is -0.503 e. The Morgan fingerprint density at radius 3 is 2.42 bits per heavy atom. The molecule has 4 aromatic rings. The first-order chi connectivity index (χ1) is 15.8. The molecule has 0 fully saturated rings. The summed E-state index contributed by atoms with van der Waals surface area (Å²) in [5.41, 5.74) is 1.05. The lowest BCUT2D eigenvalue weighted by Crippen LogP contribution is -2.31. The Bertz CT molecular complexity index is 1430. The third kappa shape index (κ3) is 3.57. The van der Waals surface area contributed by atoms with E-state index in [-0.39, 0.29) is 22.0 Å². The van der Waals surface area contributed by atoms with Crippen LogP contribution in [0.2, 0.25) is 10.0 Å². The van der Waals surface area contributed by atoms with Crippen LogP contribution in [0.1, 0.15) is 22.2 Å². The normalized spacial score (nSPS) is 16.2. The highest BCUT2D eigenvalue weighted by Gasteiger charge is 2.45. The van der Waals surface area contributed by atoms with E-state index in [0.29, 0.717) is 21.6 Å². The number of amides is 1. The van der Waals surface area contributed by atoms with E-state index in [1.54, 1.807) is 54.6 Å². The summed E-state index contributed by atoms with van der Waals surface area (Å²) in [6, 6.07) is 17.8. The van der Waals surface area contributed by atoms with Gasteiger partial charge in [-0.05, 0) is 48.0 Å². The number of rotatable bonds is 4. The van der Waals surface area contributed by atoms with Gasteiger partial charge in [0, 0.05) is 16.1 Å². The van der Waals surface area contributed by atoms with Gasteiger partial charge in [0.1, 0.15) is 11.4 Å². The van der Waals surface area contributed by atoms with Crippen molar-refractivity contribution in [2.75, 3.05) is 4.90 Å². The van der Waals surface area contributed by atoms with Crippen molar-refractivity contribution >= 4 is 51.5 Å². The van der Waals surface area contributed by atoms with Crippen LogP contribution in [0.15, 0.2) is 88.5 Å².